The molecule has 22 heavy (non-hydrogen) atoms. The molecule has 10 heteroatoms. The first-order valence-electron chi connectivity index (χ1n) is 6.46. The zero-order chi connectivity index (χ0) is 17.1. The van der Waals surface area contributed by atoms with E-state index in [4.69, 9.17) is 9.84 Å². The van der Waals surface area contributed by atoms with Crippen LogP contribution in [0.5, 0.6) is 0 Å². The van der Waals surface area contributed by atoms with E-state index in [9.17, 15) is 19.2 Å². The van der Waals surface area contributed by atoms with Crippen molar-refractivity contribution < 1.29 is 29.0 Å². The molecule has 126 valence electrons. The molecule has 0 spiro atoms. The predicted molar refractivity (Wildman–Crippen MR) is 84.4 cm³/mol. The SMILES string of the molecule is CCOC(=O)[C@H](CSSCC(NC(C)=O)C(=O)O)NC(C)=O. The van der Waals surface area contributed by atoms with Crippen molar-refractivity contribution in [2.45, 2.75) is 32.9 Å². The van der Waals surface area contributed by atoms with Crippen LogP contribution >= 0.6 is 21.6 Å². The third-order valence-electron chi connectivity index (χ3n) is 2.18. The topological polar surface area (TPSA) is 122 Å². The zero-order valence-corrected chi connectivity index (χ0v) is 14.2. The van der Waals surface area contributed by atoms with Crippen LogP contribution in [-0.4, -0.2) is 59.1 Å². The lowest BCUT2D eigenvalue weighted by molar-refractivity contribution is -0.146. The number of carbonyl (C=O) groups excluding carboxylic acids is 3. The molecule has 0 aliphatic heterocycles. The maximum absolute atomic E-state index is 11.6. The number of amides is 2. The third kappa shape index (κ3) is 9.50. The lowest BCUT2D eigenvalue weighted by Crippen LogP contribution is -2.43. The van der Waals surface area contributed by atoms with Gasteiger partial charge in [0, 0.05) is 25.4 Å². The molecule has 0 aliphatic carbocycles. The van der Waals surface area contributed by atoms with Crippen molar-refractivity contribution in [3.63, 3.8) is 0 Å². The summed E-state index contributed by atoms with van der Waals surface area (Å²) in [5.41, 5.74) is 0. The Kier molecular flexibility index (Phi) is 10.5. The van der Waals surface area contributed by atoms with Gasteiger partial charge in [0.2, 0.25) is 11.8 Å². The van der Waals surface area contributed by atoms with Gasteiger partial charge in [-0.3, -0.25) is 9.59 Å². The van der Waals surface area contributed by atoms with E-state index < -0.39 is 29.9 Å². The Balaban J connectivity index is 4.30. The molecule has 2 atom stereocenters. The molecule has 1 unspecified atom stereocenters. The molecule has 0 saturated carbocycles. The summed E-state index contributed by atoms with van der Waals surface area (Å²) in [5.74, 6) is -2.09. The number of carboxylic acids is 1. The lowest BCUT2D eigenvalue weighted by atomic mass is 10.3. The fourth-order valence-electron chi connectivity index (χ4n) is 1.31. The van der Waals surface area contributed by atoms with Gasteiger partial charge in [0.05, 0.1) is 6.61 Å². The molecule has 3 N–H and O–H groups in total. The highest BCUT2D eigenvalue weighted by Gasteiger charge is 2.22. The zero-order valence-electron chi connectivity index (χ0n) is 12.6. The number of hydrogen-bond donors (Lipinski definition) is 3. The molecular formula is C12H20N2O6S2. The van der Waals surface area contributed by atoms with Gasteiger partial charge in [-0.15, -0.1) is 0 Å². The summed E-state index contributed by atoms with van der Waals surface area (Å²) >= 11 is 0. The third-order valence-corrected chi connectivity index (χ3v) is 4.60. The van der Waals surface area contributed by atoms with E-state index in [-0.39, 0.29) is 24.0 Å². The van der Waals surface area contributed by atoms with Crippen LogP contribution in [0.25, 0.3) is 0 Å². The molecule has 0 aliphatic rings. The summed E-state index contributed by atoms with van der Waals surface area (Å²) in [6.07, 6.45) is 0. The van der Waals surface area contributed by atoms with Crippen LogP contribution in [-0.2, 0) is 23.9 Å². The summed E-state index contributed by atoms with van der Waals surface area (Å²) in [6, 6.07) is -1.80. The van der Waals surface area contributed by atoms with Crippen LogP contribution in [0.15, 0.2) is 0 Å². The minimum Gasteiger partial charge on any atom is -0.480 e. The first kappa shape index (κ1) is 20.6. The van der Waals surface area contributed by atoms with Crippen LogP contribution in [0.4, 0.5) is 0 Å². The van der Waals surface area contributed by atoms with Gasteiger partial charge in [0.15, 0.2) is 0 Å². The number of rotatable bonds is 10. The Morgan fingerprint density at radius 3 is 1.86 bits per heavy atom. The quantitative estimate of drug-likeness (QED) is 0.286. The van der Waals surface area contributed by atoms with Gasteiger partial charge in [-0.05, 0) is 6.92 Å². The molecule has 0 heterocycles. The van der Waals surface area contributed by atoms with E-state index >= 15 is 0 Å². The number of ether oxygens (including phenoxy) is 1. The van der Waals surface area contributed by atoms with Crippen molar-refractivity contribution >= 4 is 45.3 Å². The number of carboxylic acid groups (broad SMARTS) is 1. The van der Waals surface area contributed by atoms with Crippen molar-refractivity contribution in [3.05, 3.63) is 0 Å². The largest absolute Gasteiger partial charge is 0.480 e. The van der Waals surface area contributed by atoms with Gasteiger partial charge in [-0.25, -0.2) is 9.59 Å². The van der Waals surface area contributed by atoms with E-state index in [1.165, 1.54) is 35.4 Å². The highest BCUT2D eigenvalue weighted by Crippen LogP contribution is 2.23. The minimum absolute atomic E-state index is 0.134. The lowest BCUT2D eigenvalue weighted by Gasteiger charge is -2.16. The van der Waals surface area contributed by atoms with Crippen molar-refractivity contribution in [1.29, 1.82) is 0 Å². The Morgan fingerprint density at radius 2 is 1.45 bits per heavy atom. The summed E-state index contributed by atoms with van der Waals surface area (Å²) in [6.45, 7) is 4.40. The van der Waals surface area contributed by atoms with Gasteiger partial charge in [-0.2, -0.15) is 0 Å². The van der Waals surface area contributed by atoms with Crippen LogP contribution in [0.1, 0.15) is 20.8 Å². The van der Waals surface area contributed by atoms with E-state index in [2.05, 4.69) is 10.6 Å². The second-order valence-electron chi connectivity index (χ2n) is 4.17. The average Bonchev–Trinajstić information content (AvgIpc) is 2.39. The Morgan fingerprint density at radius 1 is 1.00 bits per heavy atom. The molecule has 0 aromatic rings. The summed E-state index contributed by atoms with van der Waals surface area (Å²) in [5, 5.41) is 13.7. The molecule has 8 nitrogen and oxygen atoms in total. The number of esters is 1. The number of carbonyl (C=O) groups is 4. The highest BCUT2D eigenvalue weighted by molar-refractivity contribution is 8.76. The molecular weight excluding hydrogens is 332 g/mol. The maximum Gasteiger partial charge on any atom is 0.329 e. The summed E-state index contributed by atoms with van der Waals surface area (Å²) in [7, 11) is 2.40. The van der Waals surface area contributed by atoms with Crippen LogP contribution in [0, 0.1) is 0 Å². The van der Waals surface area contributed by atoms with E-state index in [0.29, 0.717) is 0 Å². The van der Waals surface area contributed by atoms with Gasteiger partial charge >= 0.3 is 11.9 Å². The fraction of sp³-hybridized carbons (Fsp3) is 0.667. The van der Waals surface area contributed by atoms with Crippen molar-refractivity contribution in [2.24, 2.45) is 0 Å². The molecule has 0 fully saturated rings. The number of nitrogens with one attached hydrogen (secondary N) is 2. The first-order chi connectivity index (χ1) is 10.3. The Hall–Kier alpha value is -1.42. The predicted octanol–water partition coefficient (Wildman–Crippen LogP) is 0.0249. The van der Waals surface area contributed by atoms with Crippen molar-refractivity contribution in [3.8, 4) is 0 Å². The smallest absolute Gasteiger partial charge is 0.329 e. The van der Waals surface area contributed by atoms with E-state index in [1.54, 1.807) is 6.92 Å². The average molecular weight is 352 g/mol. The number of aliphatic carboxylic acids is 1. The monoisotopic (exact) mass is 352 g/mol. The molecule has 0 aromatic carbocycles. The second-order valence-corrected chi connectivity index (χ2v) is 6.72. The molecule has 0 bridgehead atoms. The van der Waals surface area contributed by atoms with Crippen LogP contribution in [0.3, 0.4) is 0 Å². The standard InChI is InChI=1S/C12H20N2O6S2/c1-4-20-12(19)10(14-8(3)16)6-22-21-5-9(11(17)18)13-7(2)15/h9-10H,4-6H2,1-3H3,(H,13,15)(H,14,16)(H,17,18)/t9?,10-/m0/s1. The summed E-state index contributed by atoms with van der Waals surface area (Å²) < 4.78 is 4.85. The van der Waals surface area contributed by atoms with Gasteiger partial charge in [0.1, 0.15) is 12.1 Å². The molecule has 0 saturated heterocycles. The Labute approximate surface area is 136 Å². The maximum atomic E-state index is 11.6. The Bertz CT molecular complexity index is 418. The van der Waals surface area contributed by atoms with Crippen LogP contribution < -0.4 is 10.6 Å². The molecule has 0 radical (unpaired) electrons. The molecule has 0 aromatic heterocycles. The summed E-state index contributed by atoms with van der Waals surface area (Å²) in [4.78, 5) is 44.5. The van der Waals surface area contributed by atoms with Crippen molar-refractivity contribution in [1.82, 2.24) is 10.6 Å². The second kappa shape index (κ2) is 11.2. The number of hydrogen-bond acceptors (Lipinski definition) is 7. The van der Waals surface area contributed by atoms with Gasteiger partial charge in [-0.1, -0.05) is 21.6 Å². The first-order valence-corrected chi connectivity index (χ1v) is 8.94. The van der Waals surface area contributed by atoms with Gasteiger partial charge in [0.25, 0.3) is 0 Å². The highest BCUT2D eigenvalue weighted by atomic mass is 33.1. The molecule has 0 rings (SSSR count). The van der Waals surface area contributed by atoms with Gasteiger partial charge < -0.3 is 20.5 Å². The minimum atomic E-state index is -1.13. The van der Waals surface area contributed by atoms with Crippen molar-refractivity contribution in [2.75, 3.05) is 18.1 Å². The van der Waals surface area contributed by atoms with E-state index in [0.717, 1.165) is 0 Å². The van der Waals surface area contributed by atoms with Crippen LogP contribution in [0.2, 0.25) is 0 Å². The van der Waals surface area contributed by atoms with E-state index in [1.807, 2.05) is 0 Å². The normalized spacial score (nSPS) is 12.9. The molecule has 2 amide bonds. The fourth-order valence-corrected chi connectivity index (χ4v) is 3.61.